The molecule has 0 aromatic rings. The summed E-state index contributed by atoms with van der Waals surface area (Å²) in [5, 5.41) is 0. The van der Waals surface area contributed by atoms with Crippen molar-refractivity contribution in [1.82, 2.24) is 4.90 Å². The van der Waals surface area contributed by atoms with Gasteiger partial charge >= 0.3 is 0 Å². The largest absolute Gasteiger partial charge is 0.294 e. The molecule has 0 radical (unpaired) electrons. The molecular formula is C14H23N. The highest BCUT2D eigenvalue weighted by atomic mass is 15.2. The molecular weight excluding hydrogens is 182 g/mol. The fourth-order valence-electron chi connectivity index (χ4n) is 4.27. The lowest BCUT2D eigenvalue weighted by atomic mass is 9.74. The number of hydrogen-bond donors (Lipinski definition) is 0. The van der Waals surface area contributed by atoms with E-state index in [2.05, 4.69) is 18.7 Å². The summed E-state index contributed by atoms with van der Waals surface area (Å²) in [7, 11) is 0. The normalized spacial score (nSPS) is 41.6. The first-order chi connectivity index (χ1) is 7.20. The highest BCUT2D eigenvalue weighted by Gasteiger charge is 2.45. The average Bonchev–Trinajstić information content (AvgIpc) is 2.53. The van der Waals surface area contributed by atoms with Gasteiger partial charge in [0.1, 0.15) is 0 Å². The molecule has 1 saturated heterocycles. The monoisotopic (exact) mass is 205 g/mol. The zero-order valence-electron chi connectivity index (χ0n) is 10.2. The van der Waals surface area contributed by atoms with Gasteiger partial charge in [0.25, 0.3) is 0 Å². The predicted octanol–water partition coefficient (Wildman–Crippen LogP) is 3.36. The van der Waals surface area contributed by atoms with E-state index in [0.29, 0.717) is 5.54 Å². The Hall–Kier alpha value is -0.300. The van der Waals surface area contributed by atoms with Gasteiger partial charge in [-0.25, -0.2) is 0 Å². The Balaban J connectivity index is 1.99. The molecule has 0 aromatic carbocycles. The molecule has 15 heavy (non-hydrogen) atoms. The standard InChI is InChI=1S/C14H23N/c1-11-9-14(2)13-6-4-3-5-12(13)7-8-15(14)10-11/h11H,3-10H2,1-2H3. The quantitative estimate of drug-likeness (QED) is 0.548. The topological polar surface area (TPSA) is 3.24 Å². The summed E-state index contributed by atoms with van der Waals surface area (Å²) in [6.07, 6.45) is 8.48. The Morgan fingerprint density at radius 3 is 2.87 bits per heavy atom. The summed E-state index contributed by atoms with van der Waals surface area (Å²) in [5.41, 5.74) is 4.16. The van der Waals surface area contributed by atoms with Gasteiger partial charge in [-0.1, -0.05) is 18.1 Å². The van der Waals surface area contributed by atoms with E-state index in [9.17, 15) is 0 Å². The van der Waals surface area contributed by atoms with Gasteiger partial charge in [0.2, 0.25) is 0 Å². The summed E-state index contributed by atoms with van der Waals surface area (Å²) in [4.78, 5) is 2.77. The van der Waals surface area contributed by atoms with Gasteiger partial charge in [0, 0.05) is 18.6 Å². The van der Waals surface area contributed by atoms with E-state index in [1.54, 1.807) is 0 Å². The van der Waals surface area contributed by atoms with Gasteiger partial charge < -0.3 is 0 Å². The molecule has 3 aliphatic rings. The zero-order chi connectivity index (χ0) is 10.5. The lowest BCUT2D eigenvalue weighted by Crippen LogP contribution is -2.47. The van der Waals surface area contributed by atoms with Gasteiger partial charge in [0.05, 0.1) is 0 Å². The van der Waals surface area contributed by atoms with Crippen LogP contribution in [0.4, 0.5) is 0 Å². The number of hydrogen-bond acceptors (Lipinski definition) is 1. The smallest absolute Gasteiger partial charge is 0.0398 e. The van der Waals surface area contributed by atoms with E-state index in [0.717, 1.165) is 5.92 Å². The van der Waals surface area contributed by atoms with Crippen molar-refractivity contribution in [3.05, 3.63) is 11.1 Å². The molecule has 3 rings (SSSR count). The molecule has 0 bridgehead atoms. The summed E-state index contributed by atoms with van der Waals surface area (Å²) in [5.74, 6) is 0.906. The number of fused-ring (bicyclic) bond motifs is 2. The second-order valence-corrected chi connectivity index (χ2v) is 6.07. The molecule has 0 amide bonds. The zero-order valence-corrected chi connectivity index (χ0v) is 10.2. The highest BCUT2D eigenvalue weighted by Crippen LogP contribution is 2.47. The second-order valence-electron chi connectivity index (χ2n) is 6.07. The van der Waals surface area contributed by atoms with Crippen molar-refractivity contribution in [2.75, 3.05) is 13.1 Å². The fraction of sp³-hybridized carbons (Fsp3) is 0.857. The van der Waals surface area contributed by atoms with Crippen LogP contribution in [0.25, 0.3) is 0 Å². The number of nitrogens with zero attached hydrogens (tertiary/aromatic N) is 1. The minimum absolute atomic E-state index is 0.466. The molecule has 1 heteroatoms. The van der Waals surface area contributed by atoms with Crippen molar-refractivity contribution >= 4 is 0 Å². The van der Waals surface area contributed by atoms with Gasteiger partial charge in [-0.15, -0.1) is 0 Å². The van der Waals surface area contributed by atoms with E-state index in [1.165, 1.54) is 51.6 Å². The maximum atomic E-state index is 2.77. The third-order valence-electron chi connectivity index (χ3n) is 4.89. The van der Waals surface area contributed by atoms with E-state index >= 15 is 0 Å². The van der Waals surface area contributed by atoms with Crippen LogP contribution in [0.1, 0.15) is 52.4 Å². The van der Waals surface area contributed by atoms with E-state index in [1.807, 2.05) is 11.1 Å². The van der Waals surface area contributed by atoms with Crippen LogP contribution in [-0.2, 0) is 0 Å². The molecule has 0 saturated carbocycles. The molecule has 0 N–H and O–H groups in total. The van der Waals surface area contributed by atoms with Crippen LogP contribution >= 0.6 is 0 Å². The molecule has 1 aliphatic carbocycles. The molecule has 2 aliphatic heterocycles. The van der Waals surface area contributed by atoms with Gasteiger partial charge in [-0.05, 0) is 51.4 Å². The summed E-state index contributed by atoms with van der Waals surface area (Å²) in [6, 6.07) is 0. The van der Waals surface area contributed by atoms with Crippen LogP contribution in [0.2, 0.25) is 0 Å². The van der Waals surface area contributed by atoms with E-state index < -0.39 is 0 Å². The van der Waals surface area contributed by atoms with Crippen LogP contribution in [0, 0.1) is 5.92 Å². The highest BCUT2D eigenvalue weighted by molar-refractivity contribution is 5.32. The lowest BCUT2D eigenvalue weighted by molar-refractivity contribution is 0.166. The SMILES string of the molecule is CC1CN2CCC3=C(CCCC3)C2(C)C1. The van der Waals surface area contributed by atoms with Gasteiger partial charge in [-0.3, -0.25) is 4.90 Å². The van der Waals surface area contributed by atoms with Gasteiger partial charge in [0.15, 0.2) is 0 Å². The average molecular weight is 205 g/mol. The maximum Gasteiger partial charge on any atom is 0.0398 e. The Labute approximate surface area is 93.5 Å². The minimum atomic E-state index is 0.466. The van der Waals surface area contributed by atoms with Gasteiger partial charge in [-0.2, -0.15) is 0 Å². The Morgan fingerprint density at radius 2 is 2.00 bits per heavy atom. The minimum Gasteiger partial charge on any atom is -0.294 e. The Morgan fingerprint density at radius 1 is 1.20 bits per heavy atom. The molecule has 2 unspecified atom stereocenters. The van der Waals surface area contributed by atoms with Crippen molar-refractivity contribution in [2.24, 2.45) is 5.92 Å². The summed E-state index contributed by atoms with van der Waals surface area (Å²) < 4.78 is 0. The first kappa shape index (κ1) is 9.89. The van der Waals surface area contributed by atoms with Crippen LogP contribution in [0.15, 0.2) is 11.1 Å². The predicted molar refractivity (Wildman–Crippen MR) is 63.9 cm³/mol. The Bertz CT molecular complexity index is 304. The maximum absolute atomic E-state index is 2.77. The molecule has 2 atom stereocenters. The van der Waals surface area contributed by atoms with Crippen LogP contribution in [0.3, 0.4) is 0 Å². The molecule has 1 fully saturated rings. The molecule has 0 aromatic heterocycles. The first-order valence-electron chi connectivity index (χ1n) is 6.66. The van der Waals surface area contributed by atoms with Crippen molar-refractivity contribution in [1.29, 1.82) is 0 Å². The third-order valence-corrected chi connectivity index (χ3v) is 4.89. The van der Waals surface area contributed by atoms with Crippen LogP contribution in [0.5, 0.6) is 0 Å². The van der Waals surface area contributed by atoms with E-state index in [-0.39, 0.29) is 0 Å². The molecule has 84 valence electrons. The molecule has 1 nitrogen and oxygen atoms in total. The van der Waals surface area contributed by atoms with Crippen molar-refractivity contribution < 1.29 is 0 Å². The van der Waals surface area contributed by atoms with Crippen molar-refractivity contribution in [2.45, 2.75) is 57.9 Å². The molecule has 0 spiro atoms. The third kappa shape index (κ3) is 1.39. The number of rotatable bonds is 0. The van der Waals surface area contributed by atoms with Crippen LogP contribution < -0.4 is 0 Å². The van der Waals surface area contributed by atoms with Crippen molar-refractivity contribution in [3.63, 3.8) is 0 Å². The van der Waals surface area contributed by atoms with Crippen molar-refractivity contribution in [3.8, 4) is 0 Å². The Kier molecular flexibility index (Phi) is 2.21. The lowest BCUT2D eigenvalue weighted by Gasteiger charge is -2.45. The summed E-state index contributed by atoms with van der Waals surface area (Å²) >= 11 is 0. The van der Waals surface area contributed by atoms with Crippen LogP contribution in [-0.4, -0.2) is 23.5 Å². The molecule has 2 heterocycles. The van der Waals surface area contributed by atoms with E-state index in [4.69, 9.17) is 0 Å². The summed E-state index contributed by atoms with van der Waals surface area (Å²) in [6.45, 7) is 7.61. The second kappa shape index (κ2) is 3.35. The first-order valence-corrected chi connectivity index (χ1v) is 6.66. The fourth-order valence-corrected chi connectivity index (χ4v) is 4.27.